The summed E-state index contributed by atoms with van der Waals surface area (Å²) < 4.78 is 10.3. The van der Waals surface area contributed by atoms with E-state index in [0.29, 0.717) is 31.3 Å². The summed E-state index contributed by atoms with van der Waals surface area (Å²) in [7, 11) is 1.61. The van der Waals surface area contributed by atoms with Crippen LogP contribution in [0.4, 0.5) is 10.8 Å². The zero-order valence-electron chi connectivity index (χ0n) is 15.3. The van der Waals surface area contributed by atoms with Crippen LogP contribution in [0.15, 0.2) is 24.3 Å². The van der Waals surface area contributed by atoms with Crippen molar-refractivity contribution < 1.29 is 19.1 Å². The molecule has 2 amide bonds. The van der Waals surface area contributed by atoms with E-state index in [1.807, 2.05) is 31.2 Å². The van der Waals surface area contributed by atoms with E-state index in [-0.39, 0.29) is 24.2 Å². The van der Waals surface area contributed by atoms with E-state index in [2.05, 4.69) is 15.5 Å². The van der Waals surface area contributed by atoms with E-state index in [1.165, 1.54) is 11.3 Å². The van der Waals surface area contributed by atoms with Crippen molar-refractivity contribution in [3.8, 4) is 5.75 Å². The molecule has 27 heavy (non-hydrogen) atoms. The Hall–Kier alpha value is -2.52. The van der Waals surface area contributed by atoms with E-state index < -0.39 is 0 Å². The Morgan fingerprint density at radius 3 is 2.81 bits per heavy atom. The quantitative estimate of drug-likeness (QED) is 0.696. The molecular weight excluding hydrogens is 368 g/mol. The smallest absolute Gasteiger partial charge is 0.228 e. The van der Waals surface area contributed by atoms with Crippen molar-refractivity contribution in [3.05, 3.63) is 29.3 Å². The average molecular weight is 390 g/mol. The maximum absolute atomic E-state index is 12.4. The number of amides is 2. The number of benzene rings is 1. The van der Waals surface area contributed by atoms with Crippen LogP contribution >= 0.6 is 11.3 Å². The van der Waals surface area contributed by atoms with Crippen LogP contribution < -0.4 is 15.0 Å². The first-order chi connectivity index (χ1) is 13.1. The molecule has 2 aromatic rings. The first kappa shape index (κ1) is 19.2. The molecule has 1 aliphatic heterocycles. The molecule has 0 aliphatic carbocycles. The first-order valence-corrected chi connectivity index (χ1v) is 9.57. The maximum atomic E-state index is 12.4. The number of hydrogen-bond donors (Lipinski definition) is 1. The van der Waals surface area contributed by atoms with E-state index in [9.17, 15) is 9.59 Å². The van der Waals surface area contributed by atoms with Crippen molar-refractivity contribution in [2.45, 2.75) is 25.7 Å². The zero-order chi connectivity index (χ0) is 19.2. The second kappa shape index (κ2) is 8.92. The molecule has 0 spiro atoms. The molecule has 0 bridgehead atoms. The highest BCUT2D eigenvalue weighted by molar-refractivity contribution is 7.15. The van der Waals surface area contributed by atoms with Gasteiger partial charge in [-0.05, 0) is 31.2 Å². The number of hydrogen-bond acceptors (Lipinski definition) is 7. The summed E-state index contributed by atoms with van der Waals surface area (Å²) in [5.74, 6) is 0.596. The standard InChI is InChI=1S/C18H22N4O4S/c1-3-26-9-8-15(23)19-18-21-20-17(27-18)12-10-16(24)22(11-12)13-4-6-14(25-2)7-5-13/h4-7,12H,3,8-11H2,1-2H3,(H,19,21,23)/t12-/m1/s1. The van der Waals surface area contributed by atoms with Crippen molar-refractivity contribution in [3.63, 3.8) is 0 Å². The van der Waals surface area contributed by atoms with Gasteiger partial charge in [0.2, 0.25) is 16.9 Å². The van der Waals surface area contributed by atoms with Gasteiger partial charge in [0.1, 0.15) is 10.8 Å². The highest BCUT2D eigenvalue weighted by Gasteiger charge is 2.34. The van der Waals surface area contributed by atoms with Crippen LogP contribution in [-0.2, 0) is 14.3 Å². The lowest BCUT2D eigenvalue weighted by Crippen LogP contribution is -2.24. The van der Waals surface area contributed by atoms with Gasteiger partial charge in [-0.15, -0.1) is 10.2 Å². The van der Waals surface area contributed by atoms with Gasteiger partial charge in [-0.3, -0.25) is 9.59 Å². The third kappa shape index (κ3) is 4.81. The Morgan fingerprint density at radius 1 is 1.33 bits per heavy atom. The third-order valence-electron chi connectivity index (χ3n) is 4.22. The average Bonchev–Trinajstić information content (AvgIpc) is 3.28. The van der Waals surface area contributed by atoms with Crippen molar-refractivity contribution in [1.82, 2.24) is 10.2 Å². The third-order valence-corrected chi connectivity index (χ3v) is 5.22. The lowest BCUT2D eigenvalue weighted by Gasteiger charge is -2.16. The van der Waals surface area contributed by atoms with E-state index in [0.717, 1.165) is 16.4 Å². The molecule has 1 saturated heterocycles. The number of nitrogens with one attached hydrogen (secondary N) is 1. The summed E-state index contributed by atoms with van der Waals surface area (Å²) in [6.07, 6.45) is 0.648. The Bertz CT molecular complexity index is 793. The summed E-state index contributed by atoms with van der Waals surface area (Å²) >= 11 is 1.31. The normalized spacial score (nSPS) is 16.6. The first-order valence-electron chi connectivity index (χ1n) is 8.76. The van der Waals surface area contributed by atoms with E-state index >= 15 is 0 Å². The molecule has 1 aromatic heterocycles. The van der Waals surface area contributed by atoms with Crippen LogP contribution in [0.1, 0.15) is 30.7 Å². The number of carbonyl (C=O) groups excluding carboxylic acids is 2. The number of ether oxygens (including phenoxy) is 2. The van der Waals surface area contributed by atoms with Gasteiger partial charge in [-0.25, -0.2) is 0 Å². The molecule has 0 saturated carbocycles. The van der Waals surface area contributed by atoms with E-state index in [1.54, 1.807) is 12.0 Å². The molecule has 1 N–H and O–H groups in total. The second-order valence-electron chi connectivity index (χ2n) is 6.04. The lowest BCUT2D eigenvalue weighted by molar-refractivity contribution is -0.118. The van der Waals surface area contributed by atoms with Crippen molar-refractivity contribution in [2.24, 2.45) is 0 Å². The second-order valence-corrected chi connectivity index (χ2v) is 7.05. The van der Waals surface area contributed by atoms with Crippen LogP contribution in [-0.4, -0.2) is 48.9 Å². The summed E-state index contributed by atoms with van der Waals surface area (Å²) in [6, 6.07) is 7.39. The molecule has 1 atom stereocenters. The zero-order valence-corrected chi connectivity index (χ0v) is 16.1. The van der Waals surface area contributed by atoms with Crippen molar-refractivity contribution >= 4 is 34.0 Å². The minimum atomic E-state index is -0.159. The number of carbonyl (C=O) groups is 2. The molecule has 0 radical (unpaired) electrons. The molecular formula is C18H22N4O4S. The molecule has 3 rings (SSSR count). The molecule has 144 valence electrons. The Morgan fingerprint density at radius 2 is 2.11 bits per heavy atom. The van der Waals surface area contributed by atoms with Gasteiger partial charge in [0.05, 0.1) is 20.1 Å². The van der Waals surface area contributed by atoms with Gasteiger partial charge in [-0.1, -0.05) is 11.3 Å². The summed E-state index contributed by atoms with van der Waals surface area (Å²) in [6.45, 7) is 3.38. The highest BCUT2D eigenvalue weighted by atomic mass is 32.1. The molecule has 9 heteroatoms. The molecule has 1 fully saturated rings. The number of anilines is 2. The minimum Gasteiger partial charge on any atom is -0.497 e. The molecule has 0 unspecified atom stereocenters. The molecule has 1 aliphatic rings. The lowest BCUT2D eigenvalue weighted by atomic mass is 10.1. The molecule has 8 nitrogen and oxygen atoms in total. The van der Waals surface area contributed by atoms with Crippen LogP contribution in [0.2, 0.25) is 0 Å². The Balaban J connectivity index is 1.60. The van der Waals surface area contributed by atoms with Gasteiger partial charge in [0, 0.05) is 31.2 Å². The minimum absolute atomic E-state index is 0.0359. The largest absolute Gasteiger partial charge is 0.497 e. The summed E-state index contributed by atoms with van der Waals surface area (Å²) in [5, 5.41) is 12.1. The monoisotopic (exact) mass is 390 g/mol. The van der Waals surface area contributed by atoms with Gasteiger partial charge < -0.3 is 19.7 Å². The number of aromatic nitrogens is 2. The van der Waals surface area contributed by atoms with Crippen LogP contribution in [0.5, 0.6) is 5.75 Å². The fourth-order valence-electron chi connectivity index (χ4n) is 2.83. The molecule has 2 heterocycles. The summed E-state index contributed by atoms with van der Waals surface area (Å²) in [5.41, 5.74) is 0.831. The van der Waals surface area contributed by atoms with Crippen molar-refractivity contribution in [1.29, 1.82) is 0 Å². The fraction of sp³-hybridized carbons (Fsp3) is 0.444. The Labute approximate surface area is 161 Å². The highest BCUT2D eigenvalue weighted by Crippen LogP contribution is 2.34. The van der Waals surface area contributed by atoms with Gasteiger partial charge in [-0.2, -0.15) is 0 Å². The number of rotatable bonds is 8. The molecule has 1 aromatic carbocycles. The van der Waals surface area contributed by atoms with E-state index in [4.69, 9.17) is 9.47 Å². The number of nitrogens with zero attached hydrogens (tertiary/aromatic N) is 3. The van der Waals surface area contributed by atoms with Crippen LogP contribution in [0, 0.1) is 0 Å². The predicted molar refractivity (Wildman–Crippen MR) is 102 cm³/mol. The SMILES string of the molecule is CCOCCC(=O)Nc1nnc([C@@H]2CC(=O)N(c3ccc(OC)cc3)C2)s1. The van der Waals surface area contributed by atoms with Gasteiger partial charge >= 0.3 is 0 Å². The summed E-state index contributed by atoms with van der Waals surface area (Å²) in [4.78, 5) is 26.0. The topological polar surface area (TPSA) is 93.7 Å². The van der Waals surface area contributed by atoms with Crippen LogP contribution in [0.25, 0.3) is 0 Å². The predicted octanol–water partition coefficient (Wildman–Crippen LogP) is 2.43. The Kier molecular flexibility index (Phi) is 6.36. The van der Waals surface area contributed by atoms with Gasteiger partial charge in [0.25, 0.3) is 0 Å². The van der Waals surface area contributed by atoms with Crippen LogP contribution in [0.3, 0.4) is 0 Å². The van der Waals surface area contributed by atoms with Gasteiger partial charge in [0.15, 0.2) is 0 Å². The van der Waals surface area contributed by atoms with Crippen molar-refractivity contribution in [2.75, 3.05) is 37.1 Å². The number of methoxy groups -OCH3 is 1. The fourth-order valence-corrected chi connectivity index (χ4v) is 3.68. The maximum Gasteiger partial charge on any atom is 0.228 e.